The molecule has 1 aromatic heterocycles. The van der Waals surface area contributed by atoms with Gasteiger partial charge in [-0.15, -0.1) is 0 Å². The predicted molar refractivity (Wildman–Crippen MR) is 75.9 cm³/mol. The Morgan fingerprint density at radius 2 is 2.32 bits per heavy atom. The number of nitrogens with zero attached hydrogens (tertiary/aromatic N) is 1. The highest BCUT2D eigenvalue weighted by Gasteiger charge is 2.08. The molecule has 5 heteroatoms. The van der Waals surface area contributed by atoms with Gasteiger partial charge in [0, 0.05) is 12.7 Å². The molecule has 2 N–H and O–H groups in total. The quantitative estimate of drug-likeness (QED) is 0.807. The van der Waals surface area contributed by atoms with Gasteiger partial charge in [-0.25, -0.2) is 9.78 Å². The maximum absolute atomic E-state index is 10.8. The normalized spacial score (nSPS) is 14.9. The number of allylic oxidation sites excluding steroid dienone is 1. The van der Waals surface area contributed by atoms with E-state index in [1.807, 2.05) is 0 Å². The fourth-order valence-corrected chi connectivity index (χ4v) is 2.39. The molecule has 1 aliphatic rings. The molecule has 0 atom stereocenters. The lowest BCUT2D eigenvalue weighted by molar-refractivity contribution is 0.0696. The van der Waals surface area contributed by atoms with Gasteiger partial charge in [0.05, 0.1) is 10.6 Å². The van der Waals surface area contributed by atoms with Crippen molar-refractivity contribution in [2.45, 2.75) is 32.1 Å². The highest BCUT2D eigenvalue weighted by Crippen LogP contribution is 2.22. The van der Waals surface area contributed by atoms with Crippen molar-refractivity contribution in [3.63, 3.8) is 0 Å². The van der Waals surface area contributed by atoms with Gasteiger partial charge in [-0.1, -0.05) is 23.3 Å². The number of aromatic nitrogens is 1. The van der Waals surface area contributed by atoms with Crippen molar-refractivity contribution in [2.24, 2.45) is 0 Å². The van der Waals surface area contributed by atoms with Gasteiger partial charge < -0.3 is 10.4 Å². The Morgan fingerprint density at radius 1 is 1.47 bits per heavy atom. The number of nitrogens with one attached hydrogen (secondary N) is 1. The lowest BCUT2D eigenvalue weighted by atomic mass is 9.97. The molecule has 0 saturated carbocycles. The summed E-state index contributed by atoms with van der Waals surface area (Å²) in [6.45, 7) is 0.769. The Labute approximate surface area is 117 Å². The average molecular weight is 281 g/mol. The summed E-state index contributed by atoms with van der Waals surface area (Å²) in [6, 6.07) is 1.42. The Hall–Kier alpha value is -1.55. The monoisotopic (exact) mass is 280 g/mol. The van der Waals surface area contributed by atoms with Gasteiger partial charge in [0.25, 0.3) is 0 Å². The third-order valence-corrected chi connectivity index (χ3v) is 3.50. The molecule has 19 heavy (non-hydrogen) atoms. The third-order valence-electron chi connectivity index (χ3n) is 3.21. The highest BCUT2D eigenvalue weighted by atomic mass is 35.5. The summed E-state index contributed by atoms with van der Waals surface area (Å²) >= 11 is 5.99. The van der Waals surface area contributed by atoms with Crippen molar-refractivity contribution >= 4 is 23.4 Å². The largest absolute Gasteiger partial charge is 0.478 e. The van der Waals surface area contributed by atoms with E-state index >= 15 is 0 Å². The van der Waals surface area contributed by atoms with E-state index in [1.54, 1.807) is 0 Å². The summed E-state index contributed by atoms with van der Waals surface area (Å²) in [5.41, 5.74) is 1.59. The van der Waals surface area contributed by atoms with Crippen molar-refractivity contribution < 1.29 is 9.90 Å². The van der Waals surface area contributed by atoms with Crippen LogP contribution in [0.3, 0.4) is 0 Å². The number of rotatable bonds is 5. The molecular formula is C14H17ClN2O2. The molecule has 0 spiro atoms. The van der Waals surface area contributed by atoms with Gasteiger partial charge in [-0.2, -0.15) is 0 Å². The van der Waals surface area contributed by atoms with Crippen LogP contribution in [0.4, 0.5) is 5.82 Å². The first-order valence-electron chi connectivity index (χ1n) is 6.47. The molecule has 102 valence electrons. The molecule has 0 saturated heterocycles. The first kappa shape index (κ1) is 13.9. The minimum Gasteiger partial charge on any atom is -0.478 e. The van der Waals surface area contributed by atoms with Crippen molar-refractivity contribution in [3.8, 4) is 0 Å². The number of anilines is 1. The number of carbonyl (C=O) groups is 1. The zero-order chi connectivity index (χ0) is 13.7. The van der Waals surface area contributed by atoms with Crippen LogP contribution in [-0.2, 0) is 0 Å². The van der Waals surface area contributed by atoms with Crippen LogP contribution in [0.5, 0.6) is 0 Å². The molecule has 1 aliphatic carbocycles. The molecule has 0 amide bonds. The predicted octanol–water partition coefficient (Wildman–Crippen LogP) is 3.74. The Bertz CT molecular complexity index is 500. The summed E-state index contributed by atoms with van der Waals surface area (Å²) < 4.78 is 0. The summed E-state index contributed by atoms with van der Waals surface area (Å²) in [7, 11) is 0. The standard InChI is InChI=1S/C14H17ClN2O2/c15-12-8-11(14(18)19)9-17-13(12)16-7-6-10-4-2-1-3-5-10/h4,8-9H,1-3,5-7H2,(H,16,17)(H,18,19). The van der Waals surface area contributed by atoms with Gasteiger partial charge >= 0.3 is 5.97 Å². The first-order chi connectivity index (χ1) is 9.16. The van der Waals surface area contributed by atoms with Crippen molar-refractivity contribution in [1.29, 1.82) is 0 Å². The van der Waals surface area contributed by atoms with Gasteiger partial charge in [0.15, 0.2) is 0 Å². The minimum absolute atomic E-state index is 0.102. The smallest absolute Gasteiger partial charge is 0.337 e. The van der Waals surface area contributed by atoms with Crippen LogP contribution >= 0.6 is 11.6 Å². The van der Waals surface area contributed by atoms with Gasteiger partial charge in [0.2, 0.25) is 0 Å². The molecule has 0 aliphatic heterocycles. The number of hydrogen-bond acceptors (Lipinski definition) is 3. The van der Waals surface area contributed by atoms with Crippen LogP contribution < -0.4 is 5.32 Å². The summed E-state index contributed by atoms with van der Waals surface area (Å²) in [5.74, 6) is -0.476. The summed E-state index contributed by atoms with van der Waals surface area (Å²) in [6.07, 6.45) is 9.55. The van der Waals surface area contributed by atoms with Gasteiger partial charge in [0.1, 0.15) is 5.82 Å². The van der Waals surface area contributed by atoms with Crippen LogP contribution in [0.1, 0.15) is 42.5 Å². The molecular weight excluding hydrogens is 264 g/mol. The second-order valence-electron chi connectivity index (χ2n) is 4.64. The molecule has 1 heterocycles. The van der Waals surface area contributed by atoms with E-state index in [0.717, 1.165) is 13.0 Å². The van der Waals surface area contributed by atoms with Crippen molar-refractivity contribution in [3.05, 3.63) is 34.5 Å². The van der Waals surface area contributed by atoms with E-state index in [9.17, 15) is 4.79 Å². The number of hydrogen-bond donors (Lipinski definition) is 2. The van der Waals surface area contributed by atoms with E-state index < -0.39 is 5.97 Å². The van der Waals surface area contributed by atoms with Gasteiger partial charge in [-0.3, -0.25) is 0 Å². The Balaban J connectivity index is 1.89. The Morgan fingerprint density at radius 3 is 2.95 bits per heavy atom. The van der Waals surface area contributed by atoms with Crippen LogP contribution in [-0.4, -0.2) is 22.6 Å². The molecule has 4 nitrogen and oxygen atoms in total. The van der Waals surface area contributed by atoms with Crippen molar-refractivity contribution in [2.75, 3.05) is 11.9 Å². The zero-order valence-corrected chi connectivity index (χ0v) is 11.4. The van der Waals surface area contributed by atoms with E-state index in [4.69, 9.17) is 16.7 Å². The number of halogens is 1. The van der Waals surface area contributed by atoms with Crippen molar-refractivity contribution in [1.82, 2.24) is 4.98 Å². The summed E-state index contributed by atoms with van der Waals surface area (Å²) in [5, 5.41) is 12.3. The van der Waals surface area contributed by atoms with E-state index in [-0.39, 0.29) is 5.56 Å². The van der Waals surface area contributed by atoms with Crippen LogP contribution in [0.25, 0.3) is 0 Å². The zero-order valence-electron chi connectivity index (χ0n) is 10.7. The second-order valence-corrected chi connectivity index (χ2v) is 5.05. The SMILES string of the molecule is O=C(O)c1cnc(NCCC2=CCCCC2)c(Cl)c1. The van der Waals surface area contributed by atoms with Crippen LogP contribution in [0, 0.1) is 0 Å². The fourth-order valence-electron chi connectivity index (χ4n) is 2.16. The average Bonchev–Trinajstić information content (AvgIpc) is 2.41. The second kappa shape index (κ2) is 6.57. The van der Waals surface area contributed by atoms with Crippen LogP contribution in [0.15, 0.2) is 23.9 Å². The molecule has 0 unspecified atom stereocenters. The molecule has 1 aromatic rings. The maximum atomic E-state index is 10.8. The molecule has 0 aromatic carbocycles. The molecule has 0 radical (unpaired) electrons. The highest BCUT2D eigenvalue weighted by molar-refractivity contribution is 6.33. The van der Waals surface area contributed by atoms with E-state index in [2.05, 4.69) is 16.4 Å². The number of pyridine rings is 1. The Kier molecular flexibility index (Phi) is 4.80. The third kappa shape index (κ3) is 3.96. The topological polar surface area (TPSA) is 62.2 Å². The fraction of sp³-hybridized carbons (Fsp3) is 0.429. The number of carboxylic acid groups (broad SMARTS) is 1. The van der Waals surface area contributed by atoms with Gasteiger partial charge in [-0.05, 0) is 38.2 Å². The molecule has 0 bridgehead atoms. The minimum atomic E-state index is -1.02. The lowest BCUT2D eigenvalue weighted by Gasteiger charge is -2.13. The molecule has 0 fully saturated rings. The molecule has 2 rings (SSSR count). The summed E-state index contributed by atoms with van der Waals surface area (Å²) in [4.78, 5) is 14.8. The van der Waals surface area contributed by atoms with Crippen LogP contribution in [0.2, 0.25) is 5.02 Å². The first-order valence-corrected chi connectivity index (χ1v) is 6.85. The number of aromatic carboxylic acids is 1. The maximum Gasteiger partial charge on any atom is 0.337 e. The van der Waals surface area contributed by atoms with E-state index in [0.29, 0.717) is 10.8 Å². The van der Waals surface area contributed by atoms with E-state index in [1.165, 1.54) is 43.5 Å². The lowest BCUT2D eigenvalue weighted by Crippen LogP contribution is -2.07. The number of carboxylic acids is 1.